The van der Waals surface area contributed by atoms with E-state index in [9.17, 15) is 22.4 Å². The second-order valence-electron chi connectivity index (χ2n) is 6.52. The Labute approximate surface area is 159 Å². The molecule has 1 aromatic heterocycles. The molecule has 1 fully saturated rings. The summed E-state index contributed by atoms with van der Waals surface area (Å²) >= 11 is 0. The highest BCUT2D eigenvalue weighted by Gasteiger charge is 2.32. The molecule has 28 heavy (non-hydrogen) atoms. The first-order valence-corrected chi connectivity index (χ1v) is 8.70. The molecule has 2 aromatic rings. The molecule has 0 radical (unpaired) electrons. The van der Waals surface area contributed by atoms with Crippen LogP contribution < -0.4 is 4.74 Å². The zero-order chi connectivity index (χ0) is 20.3. The number of ether oxygens (including phenoxy) is 1. The van der Waals surface area contributed by atoms with Gasteiger partial charge in [-0.25, -0.2) is 4.39 Å². The molecule has 1 aliphatic heterocycles. The van der Waals surface area contributed by atoms with Gasteiger partial charge in [-0.3, -0.25) is 14.7 Å². The molecule has 3 rings (SSSR count). The van der Waals surface area contributed by atoms with E-state index in [-0.39, 0.29) is 5.91 Å². The number of amides is 1. The van der Waals surface area contributed by atoms with Gasteiger partial charge in [0.15, 0.2) is 11.6 Å². The molecule has 0 unspecified atom stereocenters. The van der Waals surface area contributed by atoms with E-state index in [4.69, 9.17) is 0 Å². The predicted molar refractivity (Wildman–Crippen MR) is 93.8 cm³/mol. The molecule has 0 bridgehead atoms. The predicted octanol–water partition coefficient (Wildman–Crippen LogP) is 3.45. The van der Waals surface area contributed by atoms with E-state index in [1.165, 1.54) is 6.07 Å². The van der Waals surface area contributed by atoms with Crippen LogP contribution in [0.1, 0.15) is 12.5 Å². The average molecular weight is 397 g/mol. The number of hydrogen-bond donors (Lipinski definition) is 0. The van der Waals surface area contributed by atoms with Gasteiger partial charge in [0.05, 0.1) is 5.69 Å². The van der Waals surface area contributed by atoms with Crippen molar-refractivity contribution in [3.05, 3.63) is 47.9 Å². The van der Waals surface area contributed by atoms with Crippen LogP contribution in [0.15, 0.2) is 36.5 Å². The van der Waals surface area contributed by atoms with Gasteiger partial charge < -0.3 is 9.64 Å². The maximum atomic E-state index is 13.9. The largest absolute Gasteiger partial charge is 0.573 e. The van der Waals surface area contributed by atoms with Crippen molar-refractivity contribution in [3.63, 3.8) is 0 Å². The number of nitrogens with zero attached hydrogens (tertiary/aromatic N) is 3. The lowest BCUT2D eigenvalue weighted by Gasteiger charge is -2.34. The number of hydrogen-bond acceptors (Lipinski definition) is 4. The Hall–Kier alpha value is -2.68. The highest BCUT2D eigenvalue weighted by atomic mass is 19.4. The Morgan fingerprint density at radius 3 is 2.46 bits per heavy atom. The van der Waals surface area contributed by atoms with E-state index in [0.717, 1.165) is 30.8 Å². The molecule has 0 N–H and O–H groups in total. The van der Waals surface area contributed by atoms with Crippen LogP contribution in [0, 0.1) is 5.82 Å². The third-order valence-corrected chi connectivity index (χ3v) is 4.50. The van der Waals surface area contributed by atoms with Gasteiger partial charge in [-0.1, -0.05) is 0 Å². The van der Waals surface area contributed by atoms with Crippen molar-refractivity contribution in [1.29, 1.82) is 0 Å². The molecule has 0 spiro atoms. The molecule has 0 saturated carbocycles. The third-order valence-electron chi connectivity index (χ3n) is 4.50. The summed E-state index contributed by atoms with van der Waals surface area (Å²) < 4.78 is 54.4. The highest BCUT2D eigenvalue weighted by molar-refractivity contribution is 5.73. The number of piperazine rings is 1. The van der Waals surface area contributed by atoms with E-state index in [1.807, 2.05) is 6.07 Å². The quantitative estimate of drug-likeness (QED) is 0.742. The summed E-state index contributed by atoms with van der Waals surface area (Å²) in [5.74, 6) is -1.93. The maximum Gasteiger partial charge on any atom is 0.573 e. The molecule has 0 atom stereocenters. The normalized spacial score (nSPS) is 15.5. The molecular weight excluding hydrogens is 378 g/mol. The minimum atomic E-state index is -4.95. The van der Waals surface area contributed by atoms with Gasteiger partial charge in [-0.2, -0.15) is 0 Å². The summed E-state index contributed by atoms with van der Waals surface area (Å²) in [6.07, 6.45) is -3.37. The first-order valence-electron chi connectivity index (χ1n) is 8.70. The van der Waals surface area contributed by atoms with Gasteiger partial charge in [0, 0.05) is 51.4 Å². The zero-order valence-corrected chi connectivity index (χ0v) is 15.2. The van der Waals surface area contributed by atoms with Crippen molar-refractivity contribution < 1.29 is 27.1 Å². The minimum Gasteiger partial charge on any atom is -0.403 e. The fourth-order valence-corrected chi connectivity index (χ4v) is 3.08. The summed E-state index contributed by atoms with van der Waals surface area (Å²) in [6, 6.07) is 6.85. The van der Waals surface area contributed by atoms with Gasteiger partial charge in [-0.15, -0.1) is 13.2 Å². The van der Waals surface area contributed by atoms with Crippen molar-refractivity contribution in [1.82, 2.24) is 14.8 Å². The van der Waals surface area contributed by atoms with Crippen LogP contribution in [0.2, 0.25) is 0 Å². The monoisotopic (exact) mass is 397 g/mol. The lowest BCUT2D eigenvalue weighted by molar-refractivity contribution is -0.275. The Bertz CT molecular complexity index is 849. The highest BCUT2D eigenvalue weighted by Crippen LogP contribution is 2.29. The van der Waals surface area contributed by atoms with Gasteiger partial charge in [0.1, 0.15) is 0 Å². The first kappa shape index (κ1) is 20.1. The number of pyridine rings is 1. The Balaban J connectivity index is 1.70. The smallest absolute Gasteiger partial charge is 0.403 e. The zero-order valence-electron chi connectivity index (χ0n) is 15.2. The van der Waals surface area contributed by atoms with Gasteiger partial charge >= 0.3 is 6.36 Å². The SMILES string of the molecule is CC(=O)N1CCN(Cc2ccnc(-c3ccc(OC(F)(F)F)c(F)c3)c2)CC1. The van der Waals surface area contributed by atoms with E-state index in [0.29, 0.717) is 30.9 Å². The number of aromatic nitrogens is 1. The molecule has 1 aromatic carbocycles. The number of carbonyl (C=O) groups excluding carboxylic acids is 1. The molecule has 1 saturated heterocycles. The van der Waals surface area contributed by atoms with Crippen molar-refractivity contribution >= 4 is 5.91 Å². The number of carbonyl (C=O) groups is 1. The number of benzene rings is 1. The van der Waals surface area contributed by atoms with Crippen LogP contribution >= 0.6 is 0 Å². The van der Waals surface area contributed by atoms with Gasteiger partial charge in [0.25, 0.3) is 0 Å². The van der Waals surface area contributed by atoms with E-state index in [1.54, 1.807) is 24.1 Å². The van der Waals surface area contributed by atoms with E-state index >= 15 is 0 Å². The summed E-state index contributed by atoms with van der Waals surface area (Å²) in [5.41, 5.74) is 1.75. The van der Waals surface area contributed by atoms with Crippen LogP contribution in [-0.4, -0.2) is 53.2 Å². The van der Waals surface area contributed by atoms with Crippen LogP contribution in [0.25, 0.3) is 11.3 Å². The second kappa shape index (κ2) is 8.14. The van der Waals surface area contributed by atoms with Crippen LogP contribution in [0.5, 0.6) is 5.75 Å². The lowest BCUT2D eigenvalue weighted by atomic mass is 10.1. The molecule has 1 aliphatic rings. The maximum absolute atomic E-state index is 13.9. The van der Waals surface area contributed by atoms with Gasteiger partial charge in [0.2, 0.25) is 5.91 Å². The first-order chi connectivity index (χ1) is 13.2. The summed E-state index contributed by atoms with van der Waals surface area (Å²) in [7, 11) is 0. The Kier molecular flexibility index (Phi) is 5.83. The Morgan fingerprint density at radius 2 is 1.86 bits per heavy atom. The van der Waals surface area contributed by atoms with Crippen molar-refractivity contribution in [2.24, 2.45) is 0 Å². The number of halogens is 4. The van der Waals surface area contributed by atoms with Crippen LogP contribution in [0.3, 0.4) is 0 Å². The topological polar surface area (TPSA) is 45.7 Å². The molecular formula is C19H19F4N3O2. The average Bonchev–Trinajstić information content (AvgIpc) is 2.63. The number of alkyl halides is 3. The van der Waals surface area contributed by atoms with Crippen molar-refractivity contribution in [2.45, 2.75) is 19.8 Å². The molecule has 5 nitrogen and oxygen atoms in total. The Morgan fingerprint density at radius 1 is 1.14 bits per heavy atom. The number of rotatable bonds is 4. The molecule has 0 aliphatic carbocycles. The molecule has 1 amide bonds. The fourth-order valence-electron chi connectivity index (χ4n) is 3.08. The third kappa shape index (κ3) is 5.19. The van der Waals surface area contributed by atoms with Crippen molar-refractivity contribution in [2.75, 3.05) is 26.2 Å². The fraction of sp³-hybridized carbons (Fsp3) is 0.368. The summed E-state index contributed by atoms with van der Waals surface area (Å²) in [6.45, 7) is 5.01. The van der Waals surface area contributed by atoms with Crippen LogP contribution in [-0.2, 0) is 11.3 Å². The van der Waals surface area contributed by atoms with Crippen molar-refractivity contribution in [3.8, 4) is 17.0 Å². The molecule has 2 heterocycles. The molecule has 9 heteroatoms. The van der Waals surface area contributed by atoms with E-state index in [2.05, 4.69) is 14.6 Å². The second-order valence-corrected chi connectivity index (χ2v) is 6.52. The van der Waals surface area contributed by atoms with E-state index < -0.39 is 17.9 Å². The van der Waals surface area contributed by atoms with Gasteiger partial charge in [-0.05, 0) is 35.9 Å². The standard InChI is InChI=1S/C19H19F4N3O2/c1-13(27)26-8-6-25(7-9-26)12-14-4-5-24-17(10-14)15-2-3-18(16(20)11-15)28-19(21,22)23/h2-5,10-11H,6-9,12H2,1H3. The molecule has 150 valence electrons. The minimum absolute atomic E-state index is 0.0609. The van der Waals surface area contributed by atoms with Crippen LogP contribution in [0.4, 0.5) is 17.6 Å². The lowest BCUT2D eigenvalue weighted by Crippen LogP contribution is -2.47. The summed E-state index contributed by atoms with van der Waals surface area (Å²) in [5, 5.41) is 0. The summed E-state index contributed by atoms with van der Waals surface area (Å²) in [4.78, 5) is 19.6.